The molecule has 1 aliphatic carbocycles. The summed E-state index contributed by atoms with van der Waals surface area (Å²) in [7, 11) is -4.30. The Morgan fingerprint density at radius 2 is 1.38 bits per heavy atom. The molecule has 0 bridgehead atoms. The zero-order chi connectivity index (χ0) is 33.6. The molecule has 0 aromatic heterocycles. The van der Waals surface area contributed by atoms with Gasteiger partial charge < -0.3 is 10.2 Å². The summed E-state index contributed by atoms with van der Waals surface area (Å²) in [4.78, 5) is 30.1. The van der Waals surface area contributed by atoms with E-state index in [0.29, 0.717) is 10.6 Å². The number of benzene rings is 4. The smallest absolute Gasteiger partial charge is 0.264 e. The van der Waals surface area contributed by atoms with Gasteiger partial charge in [0.25, 0.3) is 10.0 Å². The SMILES string of the molecule is O=C(NC1CCCC1)[C@H](Cc1ccccc1)N(Cc1ccc(Cl)c(Cl)c1)C(=O)CN(c1cc(Cl)cc(Cl)c1)S(=O)(=O)c1ccccc1. The Morgan fingerprint density at radius 1 is 0.766 bits per heavy atom. The second kappa shape index (κ2) is 15.8. The average Bonchev–Trinajstić information content (AvgIpc) is 3.56. The summed E-state index contributed by atoms with van der Waals surface area (Å²) >= 11 is 25.2. The van der Waals surface area contributed by atoms with Crippen molar-refractivity contribution in [3.63, 3.8) is 0 Å². The van der Waals surface area contributed by atoms with Gasteiger partial charge in [0, 0.05) is 29.1 Å². The Bertz CT molecular complexity index is 1800. The van der Waals surface area contributed by atoms with Crippen LogP contribution in [0.3, 0.4) is 0 Å². The topological polar surface area (TPSA) is 86.8 Å². The molecule has 2 amide bonds. The second-order valence-corrected chi connectivity index (χ2v) is 15.0. The van der Waals surface area contributed by atoms with Gasteiger partial charge in [-0.3, -0.25) is 13.9 Å². The molecule has 1 fully saturated rings. The van der Waals surface area contributed by atoms with E-state index in [1.54, 1.807) is 36.4 Å². The predicted octanol–water partition coefficient (Wildman–Crippen LogP) is 8.19. The van der Waals surface area contributed by atoms with E-state index in [1.165, 1.54) is 35.2 Å². The molecular weight excluding hydrogens is 700 g/mol. The largest absolute Gasteiger partial charge is 0.352 e. The zero-order valence-electron chi connectivity index (χ0n) is 25.3. The van der Waals surface area contributed by atoms with Gasteiger partial charge in [0.05, 0.1) is 20.6 Å². The van der Waals surface area contributed by atoms with Crippen LogP contribution in [0.1, 0.15) is 36.8 Å². The van der Waals surface area contributed by atoms with Gasteiger partial charge >= 0.3 is 0 Å². The van der Waals surface area contributed by atoms with E-state index in [1.807, 2.05) is 30.3 Å². The van der Waals surface area contributed by atoms with Crippen LogP contribution in [0.25, 0.3) is 0 Å². The molecule has 0 radical (unpaired) electrons. The van der Waals surface area contributed by atoms with Crippen LogP contribution in [0, 0.1) is 0 Å². The van der Waals surface area contributed by atoms with E-state index in [4.69, 9.17) is 46.4 Å². The Morgan fingerprint density at radius 3 is 2.00 bits per heavy atom. The monoisotopic (exact) mass is 731 g/mol. The van der Waals surface area contributed by atoms with Gasteiger partial charge in [0.2, 0.25) is 11.8 Å². The highest BCUT2D eigenvalue weighted by Crippen LogP contribution is 2.31. The first-order chi connectivity index (χ1) is 22.5. The number of hydrogen-bond acceptors (Lipinski definition) is 4. The number of nitrogens with one attached hydrogen (secondary N) is 1. The first kappa shape index (κ1) is 35.0. The number of sulfonamides is 1. The molecule has 0 aliphatic heterocycles. The van der Waals surface area contributed by atoms with Crippen LogP contribution in [0.2, 0.25) is 20.1 Å². The molecule has 0 saturated heterocycles. The van der Waals surface area contributed by atoms with Crippen LogP contribution in [-0.2, 0) is 32.6 Å². The predicted molar refractivity (Wildman–Crippen MR) is 189 cm³/mol. The van der Waals surface area contributed by atoms with Crippen LogP contribution in [0.4, 0.5) is 5.69 Å². The number of amides is 2. The van der Waals surface area contributed by atoms with Crippen molar-refractivity contribution in [3.8, 4) is 0 Å². The lowest BCUT2D eigenvalue weighted by molar-refractivity contribution is -0.140. The van der Waals surface area contributed by atoms with Crippen molar-refractivity contribution in [1.29, 1.82) is 0 Å². The normalized spacial score (nSPS) is 14.0. The molecule has 7 nitrogen and oxygen atoms in total. The van der Waals surface area contributed by atoms with Gasteiger partial charge in [-0.15, -0.1) is 0 Å². The second-order valence-electron chi connectivity index (χ2n) is 11.4. The van der Waals surface area contributed by atoms with E-state index in [2.05, 4.69) is 5.32 Å². The van der Waals surface area contributed by atoms with Gasteiger partial charge in [0.15, 0.2) is 0 Å². The minimum Gasteiger partial charge on any atom is -0.352 e. The van der Waals surface area contributed by atoms with Gasteiger partial charge in [0.1, 0.15) is 12.6 Å². The summed E-state index contributed by atoms with van der Waals surface area (Å²) < 4.78 is 29.2. The van der Waals surface area contributed by atoms with E-state index >= 15 is 0 Å². The van der Waals surface area contributed by atoms with Crippen LogP contribution in [-0.4, -0.2) is 43.8 Å². The number of nitrogens with zero attached hydrogens (tertiary/aromatic N) is 2. The van der Waals surface area contributed by atoms with Gasteiger partial charge in [-0.25, -0.2) is 8.42 Å². The third-order valence-electron chi connectivity index (χ3n) is 8.05. The number of halogens is 4. The number of hydrogen-bond donors (Lipinski definition) is 1. The maximum absolute atomic E-state index is 14.6. The highest BCUT2D eigenvalue weighted by Gasteiger charge is 2.35. The highest BCUT2D eigenvalue weighted by atomic mass is 35.5. The van der Waals surface area contributed by atoms with Crippen molar-refractivity contribution in [2.45, 2.75) is 55.6 Å². The number of anilines is 1. The Hall–Kier alpha value is -3.27. The maximum atomic E-state index is 14.6. The summed E-state index contributed by atoms with van der Waals surface area (Å²) in [6.45, 7) is -0.682. The summed E-state index contributed by atoms with van der Waals surface area (Å²) in [5.41, 5.74) is 1.55. The van der Waals surface area contributed by atoms with Crippen molar-refractivity contribution in [1.82, 2.24) is 10.2 Å². The van der Waals surface area contributed by atoms with E-state index in [-0.39, 0.29) is 50.6 Å². The lowest BCUT2D eigenvalue weighted by atomic mass is 10.0. The standard InChI is InChI=1S/C35H33Cl4N3O4S/c36-26-19-27(37)21-29(20-26)42(47(45,46)30-13-5-2-6-14-30)23-34(43)41(22-25-15-16-31(38)32(39)17-25)33(18-24-9-3-1-4-10-24)35(44)40-28-11-7-8-12-28/h1-6,9-10,13-17,19-21,28,33H,7-8,11-12,18,22-23H2,(H,40,44)/t33-/m0/s1. The van der Waals surface area contributed by atoms with Gasteiger partial charge in [-0.05, 0) is 66.4 Å². The van der Waals surface area contributed by atoms with Crippen LogP contribution in [0.5, 0.6) is 0 Å². The van der Waals surface area contributed by atoms with Crippen LogP contribution >= 0.6 is 46.4 Å². The van der Waals surface area contributed by atoms with Crippen LogP contribution < -0.4 is 9.62 Å². The third-order valence-corrected chi connectivity index (χ3v) is 11.0. The molecule has 1 atom stereocenters. The molecule has 246 valence electrons. The molecule has 0 spiro atoms. The molecular formula is C35H33Cl4N3O4S. The molecule has 47 heavy (non-hydrogen) atoms. The number of carbonyl (C=O) groups excluding carboxylic acids is 2. The van der Waals surface area contributed by atoms with Crippen molar-refractivity contribution >= 4 is 73.9 Å². The van der Waals surface area contributed by atoms with Crippen molar-refractivity contribution in [2.75, 3.05) is 10.8 Å². The van der Waals surface area contributed by atoms with Gasteiger partial charge in [-0.2, -0.15) is 0 Å². The fourth-order valence-electron chi connectivity index (χ4n) is 5.69. The summed E-state index contributed by atoms with van der Waals surface area (Å²) in [6, 6.07) is 25.5. The van der Waals surface area contributed by atoms with Crippen LogP contribution in [0.15, 0.2) is 102 Å². The minimum absolute atomic E-state index is 0.00809. The lowest BCUT2D eigenvalue weighted by Crippen LogP contribution is -2.54. The molecule has 1 aliphatic rings. The molecule has 0 heterocycles. The third kappa shape index (κ3) is 9.00. The molecule has 4 aromatic carbocycles. The Labute approximate surface area is 295 Å². The highest BCUT2D eigenvalue weighted by molar-refractivity contribution is 7.92. The fraction of sp³-hybridized carbons (Fsp3) is 0.257. The van der Waals surface area contributed by atoms with E-state index < -0.39 is 28.5 Å². The zero-order valence-corrected chi connectivity index (χ0v) is 29.1. The van der Waals surface area contributed by atoms with Crippen molar-refractivity contribution in [3.05, 3.63) is 128 Å². The molecule has 1 N–H and O–H groups in total. The Balaban J connectivity index is 1.59. The summed E-state index contributed by atoms with van der Waals surface area (Å²) in [5.74, 6) is -0.938. The van der Waals surface area contributed by atoms with E-state index in [9.17, 15) is 18.0 Å². The van der Waals surface area contributed by atoms with Crippen molar-refractivity contribution in [2.24, 2.45) is 0 Å². The van der Waals surface area contributed by atoms with Gasteiger partial charge in [-0.1, -0.05) is 114 Å². The minimum atomic E-state index is -4.30. The fourth-order valence-corrected chi connectivity index (χ4v) is 7.94. The first-order valence-corrected chi connectivity index (χ1v) is 18.1. The quantitative estimate of drug-likeness (QED) is 0.159. The molecule has 4 aromatic rings. The van der Waals surface area contributed by atoms with Crippen molar-refractivity contribution < 1.29 is 18.0 Å². The molecule has 5 rings (SSSR count). The molecule has 1 saturated carbocycles. The number of carbonyl (C=O) groups is 2. The first-order valence-electron chi connectivity index (χ1n) is 15.1. The summed E-state index contributed by atoms with van der Waals surface area (Å²) in [5, 5.41) is 4.16. The Kier molecular flexibility index (Phi) is 11.7. The lowest BCUT2D eigenvalue weighted by Gasteiger charge is -2.34. The average molecular weight is 734 g/mol. The maximum Gasteiger partial charge on any atom is 0.264 e. The molecule has 0 unspecified atom stereocenters. The summed E-state index contributed by atoms with van der Waals surface area (Å²) in [6.07, 6.45) is 3.91. The molecule has 12 heteroatoms. The number of rotatable bonds is 12. The van der Waals surface area contributed by atoms with E-state index in [0.717, 1.165) is 35.6 Å².